The minimum atomic E-state index is 0.484. The highest BCUT2D eigenvalue weighted by molar-refractivity contribution is 5.55. The Kier molecular flexibility index (Phi) is 2.85. The summed E-state index contributed by atoms with van der Waals surface area (Å²) in [6.45, 7) is 4.36. The molecular formula is C13H17N5O. The highest BCUT2D eigenvalue weighted by atomic mass is 16.5. The summed E-state index contributed by atoms with van der Waals surface area (Å²) in [5.74, 6) is 3.47. The minimum Gasteiger partial charge on any atom is -0.383 e. The highest BCUT2D eigenvalue weighted by Gasteiger charge is 2.27. The monoisotopic (exact) mass is 259 g/mol. The normalized spacial score (nSPS) is 14.6. The van der Waals surface area contributed by atoms with E-state index in [0.29, 0.717) is 18.3 Å². The summed E-state index contributed by atoms with van der Waals surface area (Å²) in [7, 11) is 0. The highest BCUT2D eigenvalue weighted by Crippen LogP contribution is 2.39. The molecule has 2 aromatic heterocycles. The van der Waals surface area contributed by atoms with Crippen LogP contribution in [0.3, 0.4) is 0 Å². The third-order valence-electron chi connectivity index (χ3n) is 3.26. The van der Waals surface area contributed by atoms with Crippen molar-refractivity contribution in [2.45, 2.75) is 39.2 Å². The van der Waals surface area contributed by atoms with E-state index >= 15 is 0 Å². The van der Waals surface area contributed by atoms with Gasteiger partial charge in [-0.3, -0.25) is 0 Å². The number of rotatable bonds is 4. The van der Waals surface area contributed by atoms with E-state index in [1.165, 1.54) is 0 Å². The van der Waals surface area contributed by atoms with Crippen LogP contribution in [0.4, 0.5) is 11.6 Å². The molecule has 0 atom stereocenters. The molecule has 3 rings (SSSR count). The molecule has 6 heteroatoms. The molecule has 1 aliphatic rings. The molecule has 0 unspecified atom stereocenters. The van der Waals surface area contributed by atoms with Crippen molar-refractivity contribution in [2.75, 3.05) is 11.1 Å². The van der Waals surface area contributed by atoms with Gasteiger partial charge in [0.05, 0.1) is 6.54 Å². The first kappa shape index (κ1) is 12.0. The fourth-order valence-electron chi connectivity index (χ4n) is 1.92. The number of hydrogen-bond acceptors (Lipinski definition) is 6. The van der Waals surface area contributed by atoms with Crippen molar-refractivity contribution in [1.29, 1.82) is 0 Å². The van der Waals surface area contributed by atoms with Crippen molar-refractivity contribution >= 4 is 11.6 Å². The molecule has 1 saturated carbocycles. The largest absolute Gasteiger partial charge is 0.383 e. The van der Waals surface area contributed by atoms with Gasteiger partial charge in [-0.15, -0.1) is 0 Å². The Morgan fingerprint density at radius 1 is 1.37 bits per heavy atom. The van der Waals surface area contributed by atoms with E-state index in [0.717, 1.165) is 41.5 Å². The van der Waals surface area contributed by atoms with Crippen molar-refractivity contribution in [2.24, 2.45) is 0 Å². The maximum absolute atomic E-state index is 5.93. The van der Waals surface area contributed by atoms with Crippen molar-refractivity contribution in [3.8, 4) is 0 Å². The number of nitrogens with two attached hydrogens (primary N) is 1. The number of nitrogens with zero attached hydrogens (tertiary/aromatic N) is 3. The zero-order valence-corrected chi connectivity index (χ0v) is 11.1. The Hall–Kier alpha value is -2.11. The fourth-order valence-corrected chi connectivity index (χ4v) is 1.92. The van der Waals surface area contributed by atoms with Crippen LogP contribution in [0.1, 0.15) is 41.6 Å². The second-order valence-corrected chi connectivity index (χ2v) is 5.00. The number of aryl methyl sites for hydroxylation is 1. The molecule has 19 heavy (non-hydrogen) atoms. The van der Waals surface area contributed by atoms with Crippen molar-refractivity contribution in [3.63, 3.8) is 0 Å². The number of anilines is 2. The summed E-state index contributed by atoms with van der Waals surface area (Å²) in [6.07, 6.45) is 2.31. The lowest BCUT2D eigenvalue weighted by atomic mass is 10.2. The number of aromatic nitrogens is 3. The molecular weight excluding hydrogens is 242 g/mol. The predicted octanol–water partition coefficient (Wildman–Crippen LogP) is 2.15. The molecule has 0 spiro atoms. The van der Waals surface area contributed by atoms with E-state index < -0.39 is 0 Å². The lowest BCUT2D eigenvalue weighted by Gasteiger charge is -2.10. The number of hydrogen-bond donors (Lipinski definition) is 2. The van der Waals surface area contributed by atoms with Gasteiger partial charge in [0.15, 0.2) is 0 Å². The second-order valence-electron chi connectivity index (χ2n) is 5.00. The maximum Gasteiger partial charge on any atom is 0.136 e. The van der Waals surface area contributed by atoms with Crippen LogP contribution in [0, 0.1) is 13.8 Å². The zero-order chi connectivity index (χ0) is 13.4. The van der Waals surface area contributed by atoms with Crippen LogP contribution >= 0.6 is 0 Å². The fraction of sp³-hybridized carbons (Fsp3) is 0.462. The molecule has 1 fully saturated rings. The van der Waals surface area contributed by atoms with Gasteiger partial charge in [0, 0.05) is 17.5 Å². The van der Waals surface area contributed by atoms with Gasteiger partial charge in [0.25, 0.3) is 0 Å². The average molecular weight is 259 g/mol. The molecule has 2 heterocycles. The molecule has 1 aliphatic carbocycles. The van der Waals surface area contributed by atoms with Gasteiger partial charge in [0.2, 0.25) is 0 Å². The standard InChI is InChI=1S/C13H17N5O/c1-7-5-10(18-19-7)6-15-12-8(2)11(14)16-13(17-12)9-3-4-9/h5,9H,3-4,6H2,1-2H3,(H3,14,15,16,17). The van der Waals surface area contributed by atoms with Crippen LogP contribution in [0.15, 0.2) is 10.6 Å². The Morgan fingerprint density at radius 3 is 2.79 bits per heavy atom. The summed E-state index contributed by atoms with van der Waals surface area (Å²) in [4.78, 5) is 8.90. The topological polar surface area (TPSA) is 89.9 Å². The molecule has 0 radical (unpaired) electrons. The van der Waals surface area contributed by atoms with Crippen LogP contribution in [0.2, 0.25) is 0 Å². The van der Waals surface area contributed by atoms with Gasteiger partial charge in [-0.1, -0.05) is 5.16 Å². The Bertz CT molecular complexity index is 603. The van der Waals surface area contributed by atoms with Crippen LogP contribution in [0.25, 0.3) is 0 Å². The molecule has 100 valence electrons. The molecule has 0 aromatic carbocycles. The van der Waals surface area contributed by atoms with Gasteiger partial charge in [-0.05, 0) is 26.7 Å². The van der Waals surface area contributed by atoms with Gasteiger partial charge in [-0.2, -0.15) is 0 Å². The summed E-state index contributed by atoms with van der Waals surface area (Å²) >= 11 is 0. The summed E-state index contributed by atoms with van der Waals surface area (Å²) < 4.78 is 5.03. The van der Waals surface area contributed by atoms with Gasteiger partial charge in [-0.25, -0.2) is 9.97 Å². The number of nitrogens with one attached hydrogen (secondary N) is 1. The van der Waals surface area contributed by atoms with E-state index in [2.05, 4.69) is 20.4 Å². The van der Waals surface area contributed by atoms with Gasteiger partial charge < -0.3 is 15.6 Å². The van der Waals surface area contributed by atoms with Crippen molar-refractivity contribution < 1.29 is 4.52 Å². The summed E-state index contributed by atoms with van der Waals surface area (Å²) in [6, 6.07) is 1.90. The Balaban J connectivity index is 1.79. The van der Waals surface area contributed by atoms with Crippen LogP contribution in [-0.2, 0) is 6.54 Å². The van der Waals surface area contributed by atoms with E-state index in [1.807, 2.05) is 19.9 Å². The van der Waals surface area contributed by atoms with E-state index in [1.54, 1.807) is 0 Å². The quantitative estimate of drug-likeness (QED) is 0.874. The van der Waals surface area contributed by atoms with Crippen LogP contribution in [0.5, 0.6) is 0 Å². The summed E-state index contributed by atoms with van der Waals surface area (Å²) in [5.41, 5.74) is 7.66. The van der Waals surface area contributed by atoms with Crippen molar-refractivity contribution in [1.82, 2.24) is 15.1 Å². The zero-order valence-electron chi connectivity index (χ0n) is 11.1. The molecule has 0 bridgehead atoms. The lowest BCUT2D eigenvalue weighted by Crippen LogP contribution is -2.09. The first-order chi connectivity index (χ1) is 9.13. The summed E-state index contributed by atoms with van der Waals surface area (Å²) in [5, 5.41) is 7.19. The average Bonchev–Trinajstić information content (AvgIpc) is 3.15. The van der Waals surface area contributed by atoms with Crippen molar-refractivity contribution in [3.05, 3.63) is 28.9 Å². The Labute approximate surface area is 111 Å². The smallest absolute Gasteiger partial charge is 0.136 e. The number of nitrogen functional groups attached to an aromatic ring is 1. The van der Waals surface area contributed by atoms with E-state index in [4.69, 9.17) is 10.3 Å². The second kappa shape index (κ2) is 4.53. The van der Waals surface area contributed by atoms with Gasteiger partial charge >= 0.3 is 0 Å². The maximum atomic E-state index is 5.93. The lowest BCUT2D eigenvalue weighted by molar-refractivity contribution is 0.391. The molecule has 6 nitrogen and oxygen atoms in total. The first-order valence-electron chi connectivity index (χ1n) is 6.43. The molecule has 0 aliphatic heterocycles. The molecule has 0 saturated heterocycles. The molecule has 0 amide bonds. The minimum absolute atomic E-state index is 0.484. The van der Waals surface area contributed by atoms with Crippen LogP contribution in [-0.4, -0.2) is 15.1 Å². The molecule has 2 aromatic rings. The first-order valence-corrected chi connectivity index (χ1v) is 6.43. The Morgan fingerprint density at radius 2 is 2.16 bits per heavy atom. The van der Waals surface area contributed by atoms with Crippen LogP contribution < -0.4 is 11.1 Å². The third-order valence-corrected chi connectivity index (χ3v) is 3.26. The van der Waals surface area contributed by atoms with E-state index in [9.17, 15) is 0 Å². The predicted molar refractivity (Wildman–Crippen MR) is 71.7 cm³/mol. The van der Waals surface area contributed by atoms with E-state index in [-0.39, 0.29) is 0 Å². The third kappa shape index (κ3) is 2.52. The molecule has 3 N–H and O–H groups in total. The van der Waals surface area contributed by atoms with Gasteiger partial charge in [0.1, 0.15) is 28.9 Å². The SMILES string of the molecule is Cc1cc(CNc2nc(C3CC3)nc(N)c2C)no1.